The van der Waals surface area contributed by atoms with Gasteiger partial charge in [0.1, 0.15) is 0 Å². The fraction of sp³-hybridized carbons (Fsp3) is 0.647. The summed E-state index contributed by atoms with van der Waals surface area (Å²) in [5.41, 5.74) is 0.874. The van der Waals surface area contributed by atoms with E-state index in [0.717, 1.165) is 0 Å². The van der Waals surface area contributed by atoms with E-state index in [1.807, 2.05) is 45.9 Å². The van der Waals surface area contributed by atoms with Gasteiger partial charge in [0, 0.05) is 18.1 Å². The summed E-state index contributed by atoms with van der Waals surface area (Å²) in [5.74, 6) is 0.579. The van der Waals surface area contributed by atoms with E-state index in [9.17, 15) is 8.42 Å². The van der Waals surface area contributed by atoms with Crippen molar-refractivity contribution in [1.82, 2.24) is 10.0 Å². The Labute approximate surface area is 135 Å². The molecule has 0 aliphatic rings. The topological polar surface area (TPSA) is 58.2 Å². The molecule has 1 aromatic carbocycles. The number of hydrogen-bond donors (Lipinski definition) is 2. The Balaban J connectivity index is 2.53. The van der Waals surface area contributed by atoms with Gasteiger partial charge >= 0.3 is 0 Å². The van der Waals surface area contributed by atoms with E-state index in [1.54, 1.807) is 0 Å². The maximum absolute atomic E-state index is 12.0. The van der Waals surface area contributed by atoms with Crippen LogP contribution in [0.2, 0.25) is 0 Å². The lowest BCUT2D eigenvalue weighted by Gasteiger charge is -2.30. The van der Waals surface area contributed by atoms with E-state index in [4.69, 9.17) is 0 Å². The number of hydrogen-bond acceptors (Lipinski definition) is 3. The van der Waals surface area contributed by atoms with E-state index in [2.05, 4.69) is 29.1 Å². The number of rotatable bonds is 9. The van der Waals surface area contributed by atoms with Gasteiger partial charge in [-0.3, -0.25) is 0 Å². The summed E-state index contributed by atoms with van der Waals surface area (Å²) in [4.78, 5) is 0. The number of sulfonamides is 1. The van der Waals surface area contributed by atoms with Crippen LogP contribution in [0.15, 0.2) is 30.3 Å². The lowest BCUT2D eigenvalue weighted by molar-refractivity contribution is 0.346. The maximum atomic E-state index is 12.0. The molecule has 0 radical (unpaired) electrons. The summed E-state index contributed by atoms with van der Waals surface area (Å²) in [6, 6.07) is 10.3. The fourth-order valence-electron chi connectivity index (χ4n) is 2.22. The van der Waals surface area contributed by atoms with Crippen LogP contribution in [0.5, 0.6) is 0 Å². The van der Waals surface area contributed by atoms with Crippen molar-refractivity contribution in [3.63, 3.8) is 0 Å². The monoisotopic (exact) mass is 326 g/mol. The first-order valence-electron chi connectivity index (χ1n) is 7.91. The van der Waals surface area contributed by atoms with Crippen molar-refractivity contribution in [3.8, 4) is 0 Å². The van der Waals surface area contributed by atoms with Gasteiger partial charge in [-0.05, 0) is 38.7 Å². The van der Waals surface area contributed by atoms with Gasteiger partial charge in [-0.25, -0.2) is 13.1 Å². The molecule has 0 saturated carbocycles. The average molecular weight is 327 g/mol. The molecule has 0 amide bonds. The highest BCUT2D eigenvalue weighted by Crippen LogP contribution is 2.16. The van der Waals surface area contributed by atoms with Gasteiger partial charge in [-0.2, -0.15) is 0 Å². The Morgan fingerprint density at radius 2 is 1.68 bits per heavy atom. The molecule has 0 aliphatic heterocycles. The Bertz CT molecular complexity index is 539. The smallest absolute Gasteiger partial charge is 0.211 e. The molecule has 0 heterocycles. The highest BCUT2D eigenvalue weighted by Gasteiger charge is 2.23. The van der Waals surface area contributed by atoms with Crippen LogP contribution in [-0.4, -0.2) is 26.3 Å². The summed E-state index contributed by atoms with van der Waals surface area (Å²) in [5, 5.41) is 3.48. The molecule has 0 bridgehead atoms. The zero-order chi connectivity index (χ0) is 16.8. The first kappa shape index (κ1) is 19.1. The van der Waals surface area contributed by atoms with Gasteiger partial charge in [0.2, 0.25) is 10.0 Å². The summed E-state index contributed by atoms with van der Waals surface area (Å²) in [6.07, 6.45) is 0.684. The van der Waals surface area contributed by atoms with E-state index in [0.29, 0.717) is 18.9 Å². The standard InChI is InChI=1S/C17H30N2O2S/c1-14(2)11-12-22(20,21)18-13-17(4,5)19-15(3)16-9-7-6-8-10-16/h6-10,14-15,18-19H,11-13H2,1-5H3. The Hall–Kier alpha value is -0.910. The predicted octanol–water partition coefficient (Wildman–Crippen LogP) is 3.08. The Morgan fingerprint density at radius 1 is 1.09 bits per heavy atom. The molecule has 0 spiro atoms. The second kappa shape index (κ2) is 8.09. The maximum Gasteiger partial charge on any atom is 0.211 e. The Morgan fingerprint density at radius 3 is 2.23 bits per heavy atom. The Kier molecular flexibility index (Phi) is 7.03. The molecule has 0 fully saturated rings. The van der Waals surface area contributed by atoms with Crippen molar-refractivity contribution in [2.24, 2.45) is 5.92 Å². The molecular weight excluding hydrogens is 296 g/mol. The molecule has 22 heavy (non-hydrogen) atoms. The summed E-state index contributed by atoms with van der Waals surface area (Å²) in [6.45, 7) is 10.6. The quantitative estimate of drug-likeness (QED) is 0.733. The SMILES string of the molecule is CC(C)CCS(=O)(=O)NCC(C)(C)NC(C)c1ccccc1. The van der Waals surface area contributed by atoms with Gasteiger partial charge in [-0.15, -0.1) is 0 Å². The molecule has 4 nitrogen and oxygen atoms in total. The lowest BCUT2D eigenvalue weighted by atomic mass is 10.0. The molecular formula is C17H30N2O2S. The van der Waals surface area contributed by atoms with Crippen molar-refractivity contribution in [1.29, 1.82) is 0 Å². The molecule has 1 aromatic rings. The second-order valence-corrected chi connectivity index (χ2v) is 8.91. The first-order chi connectivity index (χ1) is 10.1. The normalized spacial score (nSPS) is 14.3. The average Bonchev–Trinajstić information content (AvgIpc) is 2.44. The van der Waals surface area contributed by atoms with Crippen LogP contribution in [0.4, 0.5) is 0 Å². The minimum Gasteiger partial charge on any atom is -0.304 e. The third-order valence-electron chi connectivity index (χ3n) is 3.60. The van der Waals surface area contributed by atoms with Crippen LogP contribution in [0.25, 0.3) is 0 Å². The molecule has 2 N–H and O–H groups in total. The first-order valence-corrected chi connectivity index (χ1v) is 9.56. The van der Waals surface area contributed by atoms with Gasteiger partial charge in [0.25, 0.3) is 0 Å². The molecule has 126 valence electrons. The van der Waals surface area contributed by atoms with E-state index in [-0.39, 0.29) is 17.3 Å². The van der Waals surface area contributed by atoms with Crippen LogP contribution in [0.3, 0.4) is 0 Å². The third-order valence-corrected chi connectivity index (χ3v) is 4.96. The van der Waals surface area contributed by atoms with Crippen molar-refractivity contribution in [2.45, 2.75) is 52.6 Å². The number of benzene rings is 1. The molecule has 1 unspecified atom stereocenters. The minimum absolute atomic E-state index is 0.163. The molecule has 5 heteroatoms. The van der Waals surface area contributed by atoms with Gasteiger partial charge < -0.3 is 5.32 Å². The van der Waals surface area contributed by atoms with Gasteiger partial charge in [0.05, 0.1) is 5.75 Å². The van der Waals surface area contributed by atoms with Crippen LogP contribution in [-0.2, 0) is 10.0 Å². The largest absolute Gasteiger partial charge is 0.304 e. The zero-order valence-corrected chi connectivity index (χ0v) is 15.2. The van der Waals surface area contributed by atoms with Crippen molar-refractivity contribution in [3.05, 3.63) is 35.9 Å². The summed E-state index contributed by atoms with van der Waals surface area (Å²) >= 11 is 0. The summed E-state index contributed by atoms with van der Waals surface area (Å²) in [7, 11) is -3.20. The molecule has 1 rings (SSSR count). The fourth-order valence-corrected chi connectivity index (χ4v) is 3.72. The van der Waals surface area contributed by atoms with Crippen LogP contribution in [0, 0.1) is 5.92 Å². The molecule has 0 saturated heterocycles. The van der Waals surface area contributed by atoms with E-state index >= 15 is 0 Å². The van der Waals surface area contributed by atoms with E-state index < -0.39 is 10.0 Å². The zero-order valence-electron chi connectivity index (χ0n) is 14.4. The predicted molar refractivity (Wildman–Crippen MR) is 93.3 cm³/mol. The highest BCUT2D eigenvalue weighted by atomic mass is 32.2. The highest BCUT2D eigenvalue weighted by molar-refractivity contribution is 7.89. The van der Waals surface area contributed by atoms with Crippen molar-refractivity contribution in [2.75, 3.05) is 12.3 Å². The molecule has 0 aliphatic carbocycles. The van der Waals surface area contributed by atoms with Crippen LogP contribution >= 0.6 is 0 Å². The van der Waals surface area contributed by atoms with Gasteiger partial charge in [-0.1, -0.05) is 44.2 Å². The van der Waals surface area contributed by atoms with Crippen molar-refractivity contribution >= 4 is 10.0 Å². The number of nitrogens with one attached hydrogen (secondary N) is 2. The molecule has 0 aromatic heterocycles. The van der Waals surface area contributed by atoms with Gasteiger partial charge in [0.15, 0.2) is 0 Å². The lowest BCUT2D eigenvalue weighted by Crippen LogP contribution is -2.50. The van der Waals surface area contributed by atoms with Crippen LogP contribution < -0.4 is 10.0 Å². The minimum atomic E-state index is -3.20. The molecule has 1 atom stereocenters. The van der Waals surface area contributed by atoms with Crippen molar-refractivity contribution < 1.29 is 8.42 Å². The van der Waals surface area contributed by atoms with E-state index in [1.165, 1.54) is 5.56 Å². The summed E-state index contributed by atoms with van der Waals surface area (Å²) < 4.78 is 26.7. The second-order valence-electron chi connectivity index (χ2n) is 6.98. The third kappa shape index (κ3) is 7.38. The van der Waals surface area contributed by atoms with Crippen LogP contribution in [0.1, 0.15) is 52.6 Å².